The lowest BCUT2D eigenvalue weighted by atomic mass is 10.0. The fraction of sp³-hybridized carbons (Fsp3) is 0. The molecule has 0 aliphatic heterocycles. The summed E-state index contributed by atoms with van der Waals surface area (Å²) in [5, 5.41) is 1.77. The average molecular weight is 755 g/mol. The first-order chi connectivity index (χ1) is 28.5. The van der Waals surface area contributed by atoms with Gasteiger partial charge in [0.15, 0.2) is 17.5 Å². The number of halogens is 2. The fourth-order valence-corrected chi connectivity index (χ4v) is 7.40. The van der Waals surface area contributed by atoms with Gasteiger partial charge in [0.05, 0.1) is 0 Å². The summed E-state index contributed by atoms with van der Waals surface area (Å²) in [7, 11) is 0. The summed E-state index contributed by atoms with van der Waals surface area (Å²) in [5.41, 5.74) is 11.0. The molecule has 7 heteroatoms. The quantitative estimate of drug-likeness (QED) is 0.155. The number of furan rings is 1. The predicted octanol–water partition coefficient (Wildman–Crippen LogP) is 13.9. The van der Waals surface area contributed by atoms with E-state index in [9.17, 15) is 8.78 Å². The van der Waals surface area contributed by atoms with Crippen molar-refractivity contribution in [1.29, 1.82) is 0 Å². The normalized spacial score (nSPS) is 11.3. The van der Waals surface area contributed by atoms with E-state index in [0.29, 0.717) is 34.2 Å². The van der Waals surface area contributed by atoms with E-state index in [1.165, 1.54) is 35.4 Å². The lowest BCUT2D eigenvalue weighted by Crippen LogP contribution is -2.09. The number of para-hydroxylation sites is 1. The summed E-state index contributed by atoms with van der Waals surface area (Å²) in [6.07, 6.45) is 0. The second-order valence-corrected chi connectivity index (χ2v) is 13.9. The summed E-state index contributed by atoms with van der Waals surface area (Å²) < 4.78 is 34.3. The van der Waals surface area contributed by atoms with Gasteiger partial charge >= 0.3 is 0 Å². The highest BCUT2D eigenvalue weighted by atomic mass is 19.1. The lowest BCUT2D eigenvalue weighted by molar-refractivity contribution is 0.627. The number of aromatic nitrogens is 3. The van der Waals surface area contributed by atoms with E-state index < -0.39 is 0 Å². The molecule has 10 aromatic rings. The molecule has 0 bridgehead atoms. The van der Waals surface area contributed by atoms with E-state index in [4.69, 9.17) is 19.4 Å². The van der Waals surface area contributed by atoms with Crippen LogP contribution in [-0.4, -0.2) is 15.0 Å². The van der Waals surface area contributed by atoms with Gasteiger partial charge in [-0.05, 0) is 125 Å². The monoisotopic (exact) mass is 754 g/mol. The first kappa shape index (κ1) is 34.7. The van der Waals surface area contributed by atoms with Crippen LogP contribution in [-0.2, 0) is 0 Å². The molecule has 0 amide bonds. The number of nitrogens with zero attached hydrogens (tertiary/aromatic N) is 4. The predicted molar refractivity (Wildman–Crippen MR) is 229 cm³/mol. The largest absolute Gasteiger partial charge is 0.456 e. The molecule has 0 N–H and O–H groups in total. The molecule has 0 aliphatic carbocycles. The zero-order valence-corrected chi connectivity index (χ0v) is 30.9. The molecule has 0 radical (unpaired) electrons. The van der Waals surface area contributed by atoms with E-state index in [1.54, 1.807) is 24.3 Å². The van der Waals surface area contributed by atoms with Crippen LogP contribution in [0.3, 0.4) is 0 Å². The molecule has 0 atom stereocenters. The second kappa shape index (κ2) is 14.7. The van der Waals surface area contributed by atoms with Gasteiger partial charge in [-0.2, -0.15) is 0 Å². The van der Waals surface area contributed by atoms with Crippen molar-refractivity contribution in [2.45, 2.75) is 0 Å². The van der Waals surface area contributed by atoms with Crippen LogP contribution in [0.5, 0.6) is 0 Å². The Bertz CT molecular complexity index is 2980. The minimum Gasteiger partial charge on any atom is -0.456 e. The zero-order chi connectivity index (χ0) is 39.0. The molecule has 0 fully saturated rings. The SMILES string of the molecule is Fc1ccc(-c2nc(-c3ccc(F)cc3)nc(-c3cccc4oc5cc(-c6ccc(N(c7ccccc7)c7ccc(-c8ccccc8)cc7)cc6)ccc5c34)n2)cc1. The lowest BCUT2D eigenvalue weighted by Gasteiger charge is -2.26. The van der Waals surface area contributed by atoms with E-state index in [0.717, 1.165) is 50.1 Å². The van der Waals surface area contributed by atoms with Crippen LogP contribution in [0, 0.1) is 11.6 Å². The van der Waals surface area contributed by atoms with Crippen molar-refractivity contribution in [3.8, 4) is 56.4 Å². The number of benzene rings is 8. The minimum atomic E-state index is -0.360. The van der Waals surface area contributed by atoms with Gasteiger partial charge in [-0.1, -0.05) is 91.0 Å². The molecule has 5 nitrogen and oxygen atoms in total. The molecule has 0 aliphatic rings. The topological polar surface area (TPSA) is 55.1 Å². The van der Waals surface area contributed by atoms with E-state index in [1.807, 2.05) is 30.3 Å². The van der Waals surface area contributed by atoms with Crippen LogP contribution < -0.4 is 4.90 Å². The number of hydrogen-bond acceptors (Lipinski definition) is 5. The standard InChI is InChI=1S/C51H32F2N4O/c52-39-23-14-36(15-24-39)49-54-50(37-16-25-40(53)26-17-37)56-51(55-49)45-12-7-13-46-48(45)44-31-22-38(32-47(44)58-46)35-20-29-43(30-21-35)57(41-10-5-2-6-11-41)42-27-18-34(19-28-42)33-8-3-1-4-9-33/h1-32H. The van der Waals surface area contributed by atoms with Crippen molar-refractivity contribution in [2.24, 2.45) is 0 Å². The maximum atomic E-state index is 13.9. The maximum Gasteiger partial charge on any atom is 0.164 e. The number of rotatable bonds is 8. The Kier molecular flexibility index (Phi) is 8.80. The van der Waals surface area contributed by atoms with Crippen molar-refractivity contribution >= 4 is 39.0 Å². The Balaban J connectivity index is 1.01. The van der Waals surface area contributed by atoms with E-state index in [-0.39, 0.29) is 11.6 Å². The second-order valence-electron chi connectivity index (χ2n) is 13.9. The Labute approximate surface area is 333 Å². The summed E-state index contributed by atoms with van der Waals surface area (Å²) in [6, 6.07) is 62.0. The molecule has 2 aromatic heterocycles. The summed E-state index contributed by atoms with van der Waals surface area (Å²) >= 11 is 0. The van der Waals surface area contributed by atoms with Gasteiger partial charge in [0.2, 0.25) is 0 Å². The van der Waals surface area contributed by atoms with Crippen molar-refractivity contribution < 1.29 is 13.2 Å². The van der Waals surface area contributed by atoms with Crippen molar-refractivity contribution in [1.82, 2.24) is 15.0 Å². The highest BCUT2D eigenvalue weighted by molar-refractivity contribution is 6.12. The molecule has 10 rings (SSSR count). The molecule has 0 spiro atoms. The van der Waals surface area contributed by atoms with Gasteiger partial charge in [0.25, 0.3) is 0 Å². The van der Waals surface area contributed by atoms with Gasteiger partial charge in [-0.3, -0.25) is 0 Å². The Morgan fingerprint density at radius 2 is 0.828 bits per heavy atom. The summed E-state index contributed by atoms with van der Waals surface area (Å²) in [5.74, 6) is 0.436. The van der Waals surface area contributed by atoms with Crippen LogP contribution in [0.25, 0.3) is 78.4 Å². The third-order valence-electron chi connectivity index (χ3n) is 10.3. The molecule has 8 aromatic carbocycles. The van der Waals surface area contributed by atoms with Crippen molar-refractivity contribution in [3.63, 3.8) is 0 Å². The van der Waals surface area contributed by atoms with E-state index in [2.05, 4.69) is 120 Å². The number of anilines is 3. The highest BCUT2D eigenvalue weighted by Gasteiger charge is 2.19. The first-order valence-electron chi connectivity index (χ1n) is 18.9. The smallest absolute Gasteiger partial charge is 0.164 e. The Hall–Kier alpha value is -7.77. The molecule has 58 heavy (non-hydrogen) atoms. The molecule has 2 heterocycles. The Morgan fingerprint density at radius 3 is 1.41 bits per heavy atom. The number of fused-ring (bicyclic) bond motifs is 3. The van der Waals surface area contributed by atoms with Gasteiger partial charge in [0.1, 0.15) is 22.8 Å². The van der Waals surface area contributed by atoms with Gasteiger partial charge in [0, 0.05) is 44.5 Å². The van der Waals surface area contributed by atoms with Crippen LogP contribution in [0.15, 0.2) is 199 Å². The van der Waals surface area contributed by atoms with Crippen LogP contribution in [0.1, 0.15) is 0 Å². The molecule has 0 saturated carbocycles. The van der Waals surface area contributed by atoms with Gasteiger partial charge in [-0.15, -0.1) is 0 Å². The molecule has 276 valence electrons. The maximum absolute atomic E-state index is 13.9. The van der Waals surface area contributed by atoms with Gasteiger partial charge < -0.3 is 9.32 Å². The van der Waals surface area contributed by atoms with Crippen molar-refractivity contribution in [3.05, 3.63) is 206 Å². The zero-order valence-electron chi connectivity index (χ0n) is 30.9. The summed E-state index contributed by atoms with van der Waals surface area (Å²) in [6.45, 7) is 0. The molecular formula is C51H32F2N4O. The third-order valence-corrected chi connectivity index (χ3v) is 10.3. The van der Waals surface area contributed by atoms with Gasteiger partial charge in [-0.25, -0.2) is 23.7 Å². The third kappa shape index (κ3) is 6.65. The van der Waals surface area contributed by atoms with Crippen LogP contribution in [0.4, 0.5) is 25.8 Å². The van der Waals surface area contributed by atoms with Crippen LogP contribution in [0.2, 0.25) is 0 Å². The fourth-order valence-electron chi connectivity index (χ4n) is 7.40. The van der Waals surface area contributed by atoms with Crippen LogP contribution >= 0.6 is 0 Å². The minimum absolute atomic E-state index is 0.360. The highest BCUT2D eigenvalue weighted by Crippen LogP contribution is 2.40. The molecule has 0 unspecified atom stereocenters. The first-order valence-corrected chi connectivity index (χ1v) is 18.9. The molecular weight excluding hydrogens is 723 g/mol. The average Bonchev–Trinajstić information content (AvgIpc) is 3.66. The molecule has 0 saturated heterocycles. The Morgan fingerprint density at radius 1 is 0.362 bits per heavy atom. The van der Waals surface area contributed by atoms with E-state index >= 15 is 0 Å². The number of hydrogen-bond donors (Lipinski definition) is 0. The summed E-state index contributed by atoms with van der Waals surface area (Å²) in [4.78, 5) is 16.7. The van der Waals surface area contributed by atoms with Crippen molar-refractivity contribution in [2.75, 3.05) is 4.90 Å².